The maximum Gasteiger partial charge on any atom is 0.337 e. The van der Waals surface area contributed by atoms with Crippen molar-refractivity contribution in [2.24, 2.45) is 45.6 Å². The van der Waals surface area contributed by atoms with Gasteiger partial charge in [0.2, 0.25) is 0 Å². The molecule has 0 spiro atoms. The molecule has 0 bridgehead atoms. The smallest absolute Gasteiger partial charge is 0.337 e. The standard InChI is InChI=1S/C25H39NO3/c1-15(2)23(28)29-26-16(3)20-8-9-21-19-7-6-17-14-18(27)10-12-24(17,4)22(19)11-13-25(20,21)5/h14-15,18-22,27H,6-13H2,1-5H3/b26-16+/t18-,19-,20+,21-,22-,24-,25+/m0/s1. The molecule has 3 saturated carbocycles. The molecule has 29 heavy (non-hydrogen) atoms. The predicted octanol–water partition coefficient (Wildman–Crippen LogP) is 5.50. The molecule has 0 aromatic rings. The molecule has 4 aliphatic rings. The number of hydrogen-bond donors (Lipinski definition) is 1. The Kier molecular flexibility index (Phi) is 5.46. The lowest BCUT2D eigenvalue weighted by Crippen LogP contribution is -2.51. The third kappa shape index (κ3) is 3.40. The average molecular weight is 402 g/mol. The van der Waals surface area contributed by atoms with Crippen molar-refractivity contribution in [1.82, 2.24) is 0 Å². The molecule has 3 fully saturated rings. The van der Waals surface area contributed by atoms with Crippen LogP contribution >= 0.6 is 0 Å². The molecular weight excluding hydrogens is 362 g/mol. The zero-order chi connectivity index (χ0) is 21.0. The van der Waals surface area contributed by atoms with E-state index in [0.29, 0.717) is 5.92 Å². The van der Waals surface area contributed by atoms with Crippen LogP contribution < -0.4 is 0 Å². The van der Waals surface area contributed by atoms with Crippen molar-refractivity contribution >= 4 is 11.7 Å². The van der Waals surface area contributed by atoms with E-state index >= 15 is 0 Å². The SMILES string of the molecule is C/C(=N\OC(=O)C(C)C)[C@H]1CC[C@H]2[C@@H]3CCC4=C[C@@H](O)CC[C@]4(C)[C@H]3CC[C@]12C. The molecule has 4 aliphatic carbocycles. The molecular formula is C25H39NO3. The molecule has 0 amide bonds. The summed E-state index contributed by atoms with van der Waals surface area (Å²) in [5.74, 6) is 2.30. The summed E-state index contributed by atoms with van der Waals surface area (Å²) < 4.78 is 0. The highest BCUT2D eigenvalue weighted by atomic mass is 16.7. The van der Waals surface area contributed by atoms with Crippen LogP contribution in [-0.2, 0) is 9.63 Å². The number of aliphatic hydroxyl groups is 1. The lowest BCUT2D eigenvalue weighted by Gasteiger charge is -2.58. The van der Waals surface area contributed by atoms with Crippen LogP contribution in [0.2, 0.25) is 0 Å². The van der Waals surface area contributed by atoms with Crippen LogP contribution in [0.3, 0.4) is 0 Å². The largest absolute Gasteiger partial charge is 0.389 e. The van der Waals surface area contributed by atoms with E-state index in [1.807, 2.05) is 13.8 Å². The summed E-state index contributed by atoms with van der Waals surface area (Å²) >= 11 is 0. The van der Waals surface area contributed by atoms with Crippen LogP contribution in [0.15, 0.2) is 16.8 Å². The van der Waals surface area contributed by atoms with Gasteiger partial charge in [-0.2, -0.15) is 0 Å². The lowest BCUT2D eigenvalue weighted by atomic mass is 9.46. The van der Waals surface area contributed by atoms with Gasteiger partial charge in [0.25, 0.3) is 0 Å². The number of carbonyl (C=O) groups is 1. The van der Waals surface area contributed by atoms with Gasteiger partial charge in [-0.3, -0.25) is 0 Å². The zero-order valence-electron chi connectivity index (χ0n) is 18.9. The highest BCUT2D eigenvalue weighted by Gasteiger charge is 2.59. The summed E-state index contributed by atoms with van der Waals surface area (Å²) in [4.78, 5) is 17.1. The Morgan fingerprint density at radius 2 is 1.90 bits per heavy atom. The Labute approximate surface area is 176 Å². The quantitative estimate of drug-likeness (QED) is 0.294. The summed E-state index contributed by atoms with van der Waals surface area (Å²) in [5.41, 5.74) is 3.10. The molecule has 4 nitrogen and oxygen atoms in total. The Hall–Kier alpha value is -1.16. The number of fused-ring (bicyclic) bond motifs is 5. The molecule has 0 aromatic heterocycles. The van der Waals surface area contributed by atoms with E-state index in [0.717, 1.165) is 49.1 Å². The minimum Gasteiger partial charge on any atom is -0.389 e. The first-order valence-corrected chi connectivity index (χ1v) is 11.8. The maximum absolute atomic E-state index is 11.9. The summed E-state index contributed by atoms with van der Waals surface area (Å²) in [7, 11) is 0. The van der Waals surface area contributed by atoms with E-state index in [1.165, 1.54) is 31.3 Å². The molecule has 7 atom stereocenters. The first-order valence-electron chi connectivity index (χ1n) is 11.8. The molecule has 0 saturated heterocycles. The van der Waals surface area contributed by atoms with Gasteiger partial charge in [0.15, 0.2) is 0 Å². The summed E-state index contributed by atoms with van der Waals surface area (Å²) in [6, 6.07) is 0. The number of carbonyl (C=O) groups excluding carboxylic acids is 1. The predicted molar refractivity (Wildman–Crippen MR) is 115 cm³/mol. The van der Waals surface area contributed by atoms with Crippen molar-refractivity contribution in [3.05, 3.63) is 11.6 Å². The van der Waals surface area contributed by atoms with Crippen molar-refractivity contribution in [1.29, 1.82) is 0 Å². The number of aliphatic hydroxyl groups excluding tert-OH is 1. The molecule has 0 unspecified atom stereocenters. The van der Waals surface area contributed by atoms with Gasteiger partial charge in [0.1, 0.15) is 0 Å². The average Bonchev–Trinajstić information content (AvgIpc) is 3.03. The van der Waals surface area contributed by atoms with E-state index in [9.17, 15) is 9.90 Å². The fraction of sp³-hybridized carbons (Fsp3) is 0.840. The van der Waals surface area contributed by atoms with Crippen molar-refractivity contribution in [2.45, 2.75) is 92.1 Å². The minimum atomic E-state index is -0.244. The molecule has 4 heteroatoms. The monoisotopic (exact) mass is 401 g/mol. The van der Waals surface area contributed by atoms with Gasteiger partial charge in [-0.25, -0.2) is 4.79 Å². The van der Waals surface area contributed by atoms with Crippen molar-refractivity contribution < 1.29 is 14.7 Å². The highest BCUT2D eigenvalue weighted by Crippen LogP contribution is 2.66. The molecule has 0 radical (unpaired) electrons. The Morgan fingerprint density at radius 1 is 1.14 bits per heavy atom. The third-order valence-corrected chi connectivity index (χ3v) is 9.34. The number of oxime groups is 1. The van der Waals surface area contributed by atoms with Gasteiger partial charge < -0.3 is 9.94 Å². The second-order valence-electron chi connectivity index (χ2n) is 11.1. The van der Waals surface area contributed by atoms with E-state index < -0.39 is 0 Å². The minimum absolute atomic E-state index is 0.145. The zero-order valence-corrected chi connectivity index (χ0v) is 18.9. The number of rotatable bonds is 3. The van der Waals surface area contributed by atoms with Crippen LogP contribution in [-0.4, -0.2) is 22.9 Å². The van der Waals surface area contributed by atoms with E-state index in [2.05, 4.69) is 32.0 Å². The summed E-state index contributed by atoms with van der Waals surface area (Å²) in [6.07, 6.45) is 11.4. The van der Waals surface area contributed by atoms with Crippen LogP contribution in [0.25, 0.3) is 0 Å². The van der Waals surface area contributed by atoms with Crippen LogP contribution in [0.4, 0.5) is 0 Å². The molecule has 0 aromatic carbocycles. The lowest BCUT2D eigenvalue weighted by molar-refractivity contribution is -0.147. The molecule has 0 aliphatic heterocycles. The summed E-state index contributed by atoms with van der Waals surface area (Å²) in [5, 5.41) is 14.4. The molecule has 162 valence electrons. The van der Waals surface area contributed by atoms with Gasteiger partial charge in [0.05, 0.1) is 17.7 Å². The Morgan fingerprint density at radius 3 is 2.62 bits per heavy atom. The van der Waals surface area contributed by atoms with E-state index in [1.54, 1.807) is 0 Å². The summed E-state index contributed by atoms with van der Waals surface area (Å²) in [6.45, 7) is 10.7. The normalized spacial score (nSPS) is 44.6. The third-order valence-electron chi connectivity index (χ3n) is 9.34. The molecule has 0 heterocycles. The van der Waals surface area contributed by atoms with Gasteiger partial charge in [0, 0.05) is 5.92 Å². The van der Waals surface area contributed by atoms with E-state index in [-0.39, 0.29) is 28.8 Å². The van der Waals surface area contributed by atoms with Gasteiger partial charge in [-0.1, -0.05) is 44.5 Å². The number of allylic oxidation sites excluding steroid dienone is 1. The van der Waals surface area contributed by atoms with E-state index in [4.69, 9.17) is 4.84 Å². The van der Waals surface area contributed by atoms with Crippen LogP contribution in [0.5, 0.6) is 0 Å². The Balaban J connectivity index is 1.54. The number of nitrogens with zero attached hydrogens (tertiary/aromatic N) is 1. The van der Waals surface area contributed by atoms with Gasteiger partial charge >= 0.3 is 5.97 Å². The molecule has 4 rings (SSSR count). The van der Waals surface area contributed by atoms with Crippen molar-refractivity contribution in [2.75, 3.05) is 0 Å². The second kappa shape index (κ2) is 7.51. The number of hydrogen-bond acceptors (Lipinski definition) is 4. The van der Waals surface area contributed by atoms with Crippen LogP contribution in [0.1, 0.15) is 86.0 Å². The molecule has 1 N–H and O–H groups in total. The van der Waals surface area contributed by atoms with Crippen molar-refractivity contribution in [3.63, 3.8) is 0 Å². The van der Waals surface area contributed by atoms with Crippen molar-refractivity contribution in [3.8, 4) is 0 Å². The fourth-order valence-electron chi connectivity index (χ4n) is 7.68. The maximum atomic E-state index is 11.9. The van der Waals surface area contributed by atoms with Gasteiger partial charge in [-0.05, 0) is 86.9 Å². The highest BCUT2D eigenvalue weighted by molar-refractivity contribution is 5.86. The second-order valence-corrected chi connectivity index (χ2v) is 11.1. The van der Waals surface area contributed by atoms with Crippen LogP contribution in [0, 0.1) is 40.4 Å². The first-order chi connectivity index (χ1) is 13.7. The first kappa shape index (κ1) is 21.1. The fourth-order valence-corrected chi connectivity index (χ4v) is 7.68. The topological polar surface area (TPSA) is 58.9 Å². The Bertz CT molecular complexity index is 726. The van der Waals surface area contributed by atoms with Gasteiger partial charge in [-0.15, -0.1) is 0 Å².